The summed E-state index contributed by atoms with van der Waals surface area (Å²) in [5.74, 6) is -1.30. The summed E-state index contributed by atoms with van der Waals surface area (Å²) in [5, 5.41) is 21.7. The van der Waals surface area contributed by atoms with Gasteiger partial charge < -0.3 is 14.9 Å². The molecular weight excluding hydrogens is 489 g/mol. The van der Waals surface area contributed by atoms with Crippen LogP contribution in [0.5, 0.6) is 11.5 Å². The van der Waals surface area contributed by atoms with Crippen LogP contribution < -0.4 is 9.64 Å². The van der Waals surface area contributed by atoms with Crippen LogP contribution in [0.2, 0.25) is 10.0 Å². The number of aryl methyl sites for hydroxylation is 1. The number of carbonyl (C=O) groups is 2. The molecule has 8 heteroatoms. The first-order valence-corrected chi connectivity index (χ1v) is 11.8. The zero-order chi connectivity index (χ0) is 25.3. The van der Waals surface area contributed by atoms with Gasteiger partial charge in [-0.2, -0.15) is 0 Å². The van der Waals surface area contributed by atoms with E-state index in [-0.39, 0.29) is 27.1 Å². The van der Waals surface area contributed by atoms with E-state index in [1.54, 1.807) is 30.3 Å². The van der Waals surface area contributed by atoms with E-state index in [1.165, 1.54) is 35.2 Å². The highest BCUT2D eigenvalue weighted by atomic mass is 35.5. The lowest BCUT2D eigenvalue weighted by Gasteiger charge is -2.26. The number of ketones is 1. The molecule has 0 aliphatic carbocycles. The highest BCUT2D eigenvalue weighted by Gasteiger charge is 2.47. The molecule has 1 heterocycles. The highest BCUT2D eigenvalue weighted by Crippen LogP contribution is 2.43. The first-order chi connectivity index (χ1) is 16.7. The molecule has 1 saturated heterocycles. The molecule has 1 atom stereocenters. The van der Waals surface area contributed by atoms with Crippen molar-refractivity contribution >= 4 is 46.3 Å². The van der Waals surface area contributed by atoms with Crippen molar-refractivity contribution in [3.63, 3.8) is 0 Å². The average molecular weight is 512 g/mol. The van der Waals surface area contributed by atoms with E-state index >= 15 is 0 Å². The largest absolute Gasteiger partial charge is 0.508 e. The SMILES string of the molecule is CCCOc1ccc(/C(O)=C2\C(=O)C(=O)N(c3cc(Cl)cc(Cl)c3)C2c2ccc(O)cc2)cc1C. The molecule has 0 bridgehead atoms. The Hall–Kier alpha value is -3.48. The summed E-state index contributed by atoms with van der Waals surface area (Å²) in [6, 6.07) is 14.7. The van der Waals surface area contributed by atoms with E-state index in [0.717, 1.165) is 12.0 Å². The molecule has 0 radical (unpaired) electrons. The molecule has 1 amide bonds. The number of ether oxygens (including phenoxy) is 1. The minimum absolute atomic E-state index is 0.0230. The summed E-state index contributed by atoms with van der Waals surface area (Å²) in [6.45, 7) is 4.40. The number of carbonyl (C=O) groups excluding carboxylic acids is 2. The normalized spacial score (nSPS) is 17.1. The van der Waals surface area contributed by atoms with Gasteiger partial charge in [0.25, 0.3) is 11.7 Å². The van der Waals surface area contributed by atoms with Crippen LogP contribution in [0.15, 0.2) is 66.2 Å². The number of phenols is 1. The van der Waals surface area contributed by atoms with E-state index in [0.29, 0.717) is 29.2 Å². The van der Waals surface area contributed by atoms with Gasteiger partial charge in [0.2, 0.25) is 0 Å². The van der Waals surface area contributed by atoms with Gasteiger partial charge in [-0.1, -0.05) is 42.3 Å². The minimum Gasteiger partial charge on any atom is -0.508 e. The van der Waals surface area contributed by atoms with Crippen LogP contribution in [0, 0.1) is 6.92 Å². The van der Waals surface area contributed by atoms with Gasteiger partial charge in [-0.25, -0.2) is 0 Å². The zero-order valence-corrected chi connectivity index (χ0v) is 20.6. The summed E-state index contributed by atoms with van der Waals surface area (Å²) in [6.07, 6.45) is 0.852. The topological polar surface area (TPSA) is 87.1 Å². The molecule has 0 spiro atoms. The average Bonchev–Trinajstić information content (AvgIpc) is 3.08. The maximum atomic E-state index is 13.3. The first kappa shape index (κ1) is 24.6. The standard InChI is InChI=1S/C27H23Cl2NO5/c1-3-10-35-22-9-6-17(11-15(22)2)25(32)23-24(16-4-7-21(31)8-5-16)30(27(34)26(23)33)20-13-18(28)12-19(29)14-20/h4-9,11-14,24,31-32H,3,10H2,1-2H3/b25-23+. The number of hydrogen-bond donors (Lipinski definition) is 2. The molecule has 1 unspecified atom stereocenters. The van der Waals surface area contributed by atoms with Crippen LogP contribution in [0.3, 0.4) is 0 Å². The predicted molar refractivity (Wildman–Crippen MR) is 136 cm³/mol. The molecule has 2 N–H and O–H groups in total. The van der Waals surface area contributed by atoms with Gasteiger partial charge in [-0.05, 0) is 73.0 Å². The Balaban J connectivity index is 1.89. The molecule has 1 aliphatic rings. The zero-order valence-electron chi connectivity index (χ0n) is 19.1. The molecule has 0 saturated carbocycles. The lowest BCUT2D eigenvalue weighted by atomic mass is 9.94. The van der Waals surface area contributed by atoms with Crippen LogP contribution in [0.4, 0.5) is 5.69 Å². The second-order valence-electron chi connectivity index (χ2n) is 8.22. The summed E-state index contributed by atoms with van der Waals surface area (Å²) in [7, 11) is 0. The summed E-state index contributed by atoms with van der Waals surface area (Å²) < 4.78 is 5.71. The molecule has 1 fully saturated rings. The summed E-state index contributed by atoms with van der Waals surface area (Å²) >= 11 is 12.4. The quantitative estimate of drug-likeness (QED) is 0.226. The Kier molecular flexibility index (Phi) is 7.05. The lowest BCUT2D eigenvalue weighted by Crippen LogP contribution is -2.29. The van der Waals surface area contributed by atoms with Crippen molar-refractivity contribution < 1.29 is 24.5 Å². The number of aliphatic hydroxyl groups is 1. The molecule has 3 aromatic carbocycles. The van der Waals surface area contributed by atoms with E-state index in [4.69, 9.17) is 27.9 Å². The monoisotopic (exact) mass is 511 g/mol. The Morgan fingerprint density at radius 2 is 1.66 bits per heavy atom. The van der Waals surface area contributed by atoms with Crippen molar-refractivity contribution in [3.05, 3.63) is 93.0 Å². The van der Waals surface area contributed by atoms with Gasteiger partial charge in [0.05, 0.1) is 18.2 Å². The van der Waals surface area contributed by atoms with Crippen molar-refractivity contribution in [2.24, 2.45) is 0 Å². The van der Waals surface area contributed by atoms with E-state index < -0.39 is 17.7 Å². The van der Waals surface area contributed by atoms with E-state index in [9.17, 15) is 19.8 Å². The van der Waals surface area contributed by atoms with Gasteiger partial charge >= 0.3 is 0 Å². The number of Topliss-reactive ketones (excluding diaryl/α,β-unsaturated/α-hetero) is 1. The molecule has 1 aliphatic heterocycles. The van der Waals surface area contributed by atoms with Gasteiger partial charge in [-0.3, -0.25) is 14.5 Å². The maximum Gasteiger partial charge on any atom is 0.300 e. The highest BCUT2D eigenvalue weighted by molar-refractivity contribution is 6.52. The molecule has 6 nitrogen and oxygen atoms in total. The van der Waals surface area contributed by atoms with Crippen molar-refractivity contribution in [1.82, 2.24) is 0 Å². The Bertz CT molecular complexity index is 1310. The number of amides is 1. The molecule has 35 heavy (non-hydrogen) atoms. The minimum atomic E-state index is -0.971. The van der Waals surface area contributed by atoms with Crippen LogP contribution in [0.25, 0.3) is 5.76 Å². The van der Waals surface area contributed by atoms with Crippen LogP contribution in [0.1, 0.15) is 36.1 Å². The number of nitrogens with zero attached hydrogens (tertiary/aromatic N) is 1. The predicted octanol–water partition coefficient (Wildman–Crippen LogP) is 6.42. The number of halogens is 2. The van der Waals surface area contributed by atoms with Crippen LogP contribution in [-0.2, 0) is 9.59 Å². The van der Waals surface area contributed by atoms with E-state index in [2.05, 4.69) is 0 Å². The third kappa shape index (κ3) is 4.85. The molecule has 180 valence electrons. The maximum absolute atomic E-state index is 13.3. The van der Waals surface area contributed by atoms with Crippen molar-refractivity contribution in [1.29, 1.82) is 0 Å². The molecule has 4 rings (SSSR count). The van der Waals surface area contributed by atoms with Crippen molar-refractivity contribution in [2.75, 3.05) is 11.5 Å². The number of phenolic OH excluding ortho intramolecular Hbond substituents is 1. The second-order valence-corrected chi connectivity index (χ2v) is 9.09. The van der Waals surface area contributed by atoms with E-state index in [1.807, 2.05) is 13.8 Å². The number of anilines is 1. The third-order valence-corrected chi connectivity index (χ3v) is 6.13. The summed E-state index contributed by atoms with van der Waals surface area (Å²) in [4.78, 5) is 27.8. The molecule has 3 aromatic rings. The van der Waals surface area contributed by atoms with Gasteiger partial charge in [0, 0.05) is 21.3 Å². The Labute approximate surface area is 213 Å². The van der Waals surface area contributed by atoms with Gasteiger partial charge in [0.1, 0.15) is 17.3 Å². The third-order valence-electron chi connectivity index (χ3n) is 5.69. The first-order valence-electron chi connectivity index (χ1n) is 11.0. The molecular formula is C27H23Cl2NO5. The van der Waals surface area contributed by atoms with Crippen LogP contribution >= 0.6 is 23.2 Å². The van der Waals surface area contributed by atoms with Crippen molar-refractivity contribution in [3.8, 4) is 11.5 Å². The number of aliphatic hydroxyl groups excluding tert-OH is 1. The van der Waals surface area contributed by atoms with Crippen LogP contribution in [-0.4, -0.2) is 28.5 Å². The number of aromatic hydroxyl groups is 1. The lowest BCUT2D eigenvalue weighted by molar-refractivity contribution is -0.132. The summed E-state index contributed by atoms with van der Waals surface area (Å²) in [5.41, 5.74) is 1.88. The van der Waals surface area contributed by atoms with Crippen molar-refractivity contribution in [2.45, 2.75) is 26.3 Å². The molecule has 0 aromatic heterocycles. The second kappa shape index (κ2) is 10.0. The fourth-order valence-corrected chi connectivity index (χ4v) is 4.59. The van der Waals surface area contributed by atoms with Gasteiger partial charge in [-0.15, -0.1) is 0 Å². The Morgan fingerprint density at radius 3 is 2.26 bits per heavy atom. The fourth-order valence-electron chi connectivity index (χ4n) is 4.08. The smallest absolute Gasteiger partial charge is 0.300 e. The number of rotatable bonds is 6. The Morgan fingerprint density at radius 1 is 1.00 bits per heavy atom. The van der Waals surface area contributed by atoms with Gasteiger partial charge in [0.15, 0.2) is 0 Å². The fraction of sp³-hybridized carbons (Fsp3) is 0.185. The number of benzene rings is 3. The number of hydrogen-bond acceptors (Lipinski definition) is 5.